The molecular formula is C17H17N3O2. The number of fused-ring (bicyclic) bond motifs is 1. The number of aromatic carboxylic acids is 1. The molecular weight excluding hydrogens is 278 g/mol. The minimum absolute atomic E-state index is 0.0852. The third-order valence-corrected chi connectivity index (χ3v) is 3.67. The number of benzene rings is 1. The zero-order valence-corrected chi connectivity index (χ0v) is 12.7. The minimum Gasteiger partial charge on any atom is -0.478 e. The first-order valence-corrected chi connectivity index (χ1v) is 7.06. The molecule has 1 N–H and O–H groups in total. The molecule has 0 aliphatic rings. The van der Waals surface area contributed by atoms with Gasteiger partial charge in [-0.3, -0.25) is 4.40 Å². The molecule has 0 amide bonds. The highest BCUT2D eigenvalue weighted by molar-refractivity contribution is 5.94. The van der Waals surface area contributed by atoms with Gasteiger partial charge >= 0.3 is 5.97 Å². The van der Waals surface area contributed by atoms with Crippen molar-refractivity contribution in [3.8, 4) is 11.4 Å². The Morgan fingerprint density at radius 2 is 1.77 bits per heavy atom. The van der Waals surface area contributed by atoms with Crippen LogP contribution in [0.5, 0.6) is 0 Å². The van der Waals surface area contributed by atoms with Crippen LogP contribution < -0.4 is 0 Å². The average molecular weight is 295 g/mol. The van der Waals surface area contributed by atoms with Gasteiger partial charge in [0, 0.05) is 11.8 Å². The van der Waals surface area contributed by atoms with Crippen molar-refractivity contribution in [1.29, 1.82) is 0 Å². The Labute approximate surface area is 128 Å². The van der Waals surface area contributed by atoms with Crippen LogP contribution in [0.3, 0.4) is 0 Å². The van der Waals surface area contributed by atoms with Gasteiger partial charge in [0.1, 0.15) is 5.56 Å². The number of carboxylic acid groups (broad SMARTS) is 1. The molecule has 0 radical (unpaired) electrons. The van der Waals surface area contributed by atoms with E-state index in [1.165, 1.54) is 11.6 Å². The van der Waals surface area contributed by atoms with Gasteiger partial charge in [-0.1, -0.05) is 45.0 Å². The van der Waals surface area contributed by atoms with E-state index in [9.17, 15) is 9.90 Å². The van der Waals surface area contributed by atoms with E-state index in [4.69, 9.17) is 0 Å². The summed E-state index contributed by atoms with van der Waals surface area (Å²) < 4.78 is 1.70. The van der Waals surface area contributed by atoms with Gasteiger partial charge in [-0.25, -0.2) is 4.79 Å². The molecule has 3 aromatic rings. The second-order valence-electron chi connectivity index (χ2n) is 6.27. The number of pyridine rings is 1. The molecule has 2 aromatic heterocycles. The van der Waals surface area contributed by atoms with Crippen LogP contribution in [0.1, 0.15) is 36.7 Å². The summed E-state index contributed by atoms with van der Waals surface area (Å²) in [6, 6.07) is 11.3. The molecule has 0 unspecified atom stereocenters. The first kappa shape index (κ1) is 14.3. The van der Waals surface area contributed by atoms with Crippen LogP contribution >= 0.6 is 0 Å². The fourth-order valence-corrected chi connectivity index (χ4v) is 2.40. The summed E-state index contributed by atoms with van der Waals surface area (Å²) in [5, 5.41) is 17.4. The highest BCUT2D eigenvalue weighted by atomic mass is 16.4. The zero-order chi connectivity index (χ0) is 15.9. The van der Waals surface area contributed by atoms with Crippen LogP contribution in [0.15, 0.2) is 42.6 Å². The predicted molar refractivity (Wildman–Crippen MR) is 84.1 cm³/mol. The lowest BCUT2D eigenvalue weighted by molar-refractivity contribution is 0.0698. The van der Waals surface area contributed by atoms with Crippen LogP contribution in [0.4, 0.5) is 0 Å². The molecule has 112 valence electrons. The van der Waals surface area contributed by atoms with Crippen molar-refractivity contribution in [2.45, 2.75) is 26.2 Å². The van der Waals surface area contributed by atoms with Gasteiger partial charge in [0.25, 0.3) is 0 Å². The molecule has 1 aromatic carbocycles. The van der Waals surface area contributed by atoms with Crippen molar-refractivity contribution in [3.63, 3.8) is 0 Å². The van der Waals surface area contributed by atoms with Gasteiger partial charge in [0.15, 0.2) is 11.5 Å². The molecule has 0 fully saturated rings. The van der Waals surface area contributed by atoms with Gasteiger partial charge in [-0.15, -0.1) is 10.2 Å². The van der Waals surface area contributed by atoms with Crippen molar-refractivity contribution in [2.24, 2.45) is 0 Å². The largest absolute Gasteiger partial charge is 0.478 e. The molecule has 5 heteroatoms. The Hall–Kier alpha value is -2.69. The molecule has 0 atom stereocenters. The summed E-state index contributed by atoms with van der Waals surface area (Å²) in [7, 11) is 0. The highest BCUT2D eigenvalue weighted by Crippen LogP contribution is 2.26. The maximum Gasteiger partial charge on any atom is 0.339 e. The number of rotatable bonds is 2. The maximum absolute atomic E-state index is 11.2. The Kier molecular flexibility index (Phi) is 3.20. The number of hydrogen-bond donors (Lipinski definition) is 1. The van der Waals surface area contributed by atoms with Gasteiger partial charge in [0.2, 0.25) is 0 Å². The Morgan fingerprint density at radius 3 is 2.36 bits per heavy atom. The summed E-state index contributed by atoms with van der Waals surface area (Å²) >= 11 is 0. The first-order valence-electron chi connectivity index (χ1n) is 7.06. The molecule has 0 bridgehead atoms. The molecule has 0 spiro atoms. The highest BCUT2D eigenvalue weighted by Gasteiger charge is 2.16. The van der Waals surface area contributed by atoms with Crippen LogP contribution in [0, 0.1) is 0 Å². The first-order chi connectivity index (χ1) is 10.4. The second kappa shape index (κ2) is 4.94. The quantitative estimate of drug-likeness (QED) is 0.787. The van der Waals surface area contributed by atoms with Crippen molar-refractivity contribution in [2.75, 3.05) is 0 Å². The van der Waals surface area contributed by atoms with Crippen LogP contribution in [-0.4, -0.2) is 25.7 Å². The van der Waals surface area contributed by atoms with E-state index >= 15 is 0 Å². The van der Waals surface area contributed by atoms with Gasteiger partial charge < -0.3 is 5.11 Å². The van der Waals surface area contributed by atoms with Crippen LogP contribution in [-0.2, 0) is 5.41 Å². The second-order valence-corrected chi connectivity index (χ2v) is 6.27. The summed E-state index contributed by atoms with van der Waals surface area (Å²) in [6.45, 7) is 6.48. The van der Waals surface area contributed by atoms with Crippen LogP contribution in [0.25, 0.3) is 17.0 Å². The third kappa shape index (κ3) is 2.35. The lowest BCUT2D eigenvalue weighted by atomic mass is 9.87. The van der Waals surface area contributed by atoms with E-state index in [1.54, 1.807) is 16.7 Å². The molecule has 2 heterocycles. The maximum atomic E-state index is 11.2. The van der Waals surface area contributed by atoms with E-state index in [-0.39, 0.29) is 11.0 Å². The molecule has 0 saturated carbocycles. The number of carbonyl (C=O) groups is 1. The minimum atomic E-state index is -1.01. The standard InChI is InChI=1S/C17H17N3O2/c1-17(2,3)12-8-6-11(7-9-12)14-18-19-15-13(16(21)22)5-4-10-20(14)15/h4-10H,1-3H3,(H,21,22). The zero-order valence-electron chi connectivity index (χ0n) is 12.7. The van der Waals surface area contributed by atoms with Crippen LogP contribution in [0.2, 0.25) is 0 Å². The molecule has 0 saturated heterocycles. The fraction of sp³-hybridized carbons (Fsp3) is 0.235. The predicted octanol–water partition coefficient (Wildman–Crippen LogP) is 3.39. The number of nitrogens with zero attached hydrogens (tertiary/aromatic N) is 3. The Balaban J connectivity index is 2.11. The average Bonchev–Trinajstić information content (AvgIpc) is 2.90. The number of carboxylic acids is 1. The number of aromatic nitrogens is 3. The normalized spacial score (nSPS) is 11.8. The summed E-state index contributed by atoms with van der Waals surface area (Å²) in [6.07, 6.45) is 1.77. The summed E-state index contributed by atoms with van der Waals surface area (Å²) in [5.41, 5.74) is 2.72. The van der Waals surface area contributed by atoms with Gasteiger partial charge in [-0.2, -0.15) is 0 Å². The van der Waals surface area contributed by atoms with Crippen molar-refractivity contribution in [1.82, 2.24) is 14.6 Å². The van der Waals surface area contributed by atoms with Crippen molar-refractivity contribution in [3.05, 3.63) is 53.7 Å². The molecule has 22 heavy (non-hydrogen) atoms. The van der Waals surface area contributed by atoms with E-state index in [0.29, 0.717) is 11.5 Å². The monoisotopic (exact) mass is 295 g/mol. The van der Waals surface area contributed by atoms with Gasteiger partial charge in [0.05, 0.1) is 0 Å². The number of hydrogen-bond acceptors (Lipinski definition) is 3. The van der Waals surface area contributed by atoms with Crippen molar-refractivity contribution < 1.29 is 9.90 Å². The summed E-state index contributed by atoms with van der Waals surface area (Å²) in [5.74, 6) is -0.369. The van der Waals surface area contributed by atoms with Crippen molar-refractivity contribution >= 4 is 11.6 Å². The molecule has 0 aliphatic heterocycles. The Morgan fingerprint density at radius 1 is 1.09 bits per heavy atom. The summed E-state index contributed by atoms with van der Waals surface area (Å²) in [4.78, 5) is 11.2. The third-order valence-electron chi connectivity index (χ3n) is 3.67. The lowest BCUT2D eigenvalue weighted by Crippen LogP contribution is -2.10. The topological polar surface area (TPSA) is 67.5 Å². The van der Waals surface area contributed by atoms with E-state index in [0.717, 1.165) is 5.56 Å². The lowest BCUT2D eigenvalue weighted by Gasteiger charge is -2.18. The Bertz CT molecular complexity index is 842. The molecule has 0 aliphatic carbocycles. The molecule has 3 rings (SSSR count). The molecule has 5 nitrogen and oxygen atoms in total. The fourth-order valence-electron chi connectivity index (χ4n) is 2.40. The SMILES string of the molecule is CC(C)(C)c1ccc(-c2nnc3c(C(=O)O)cccn23)cc1. The van der Waals surface area contributed by atoms with E-state index < -0.39 is 5.97 Å². The smallest absolute Gasteiger partial charge is 0.339 e. The van der Waals surface area contributed by atoms with Gasteiger partial charge in [-0.05, 0) is 23.1 Å². The van der Waals surface area contributed by atoms with E-state index in [1.807, 2.05) is 12.1 Å². The van der Waals surface area contributed by atoms with E-state index in [2.05, 4.69) is 43.1 Å².